The summed E-state index contributed by atoms with van der Waals surface area (Å²) in [6.07, 6.45) is 9.26. The molecule has 0 aliphatic heterocycles. The molecular weight excluding hydrogens is 620 g/mol. The van der Waals surface area contributed by atoms with Gasteiger partial charge in [-0.3, -0.25) is 34.6 Å². The third-order valence-corrected chi connectivity index (χ3v) is 10.6. The molecule has 4 saturated carbocycles. The first-order valence-electron chi connectivity index (χ1n) is 17.2. The van der Waals surface area contributed by atoms with E-state index in [-0.39, 0.29) is 48.7 Å². The van der Waals surface area contributed by atoms with E-state index in [0.29, 0.717) is 51.7 Å². The molecule has 1 amide bonds. The molecule has 4 N–H and O–H groups in total. The standard InChI is InChI=1S/C31H50N4O12/c36-29(28-24(31(39)40)5-2-7-27(28)35(43)44)32-19-8-12-21(13-9-19)45-16-3-17-46-22-14-10-20(11-15-22)33-47-18-25-23(30(37)38)4-1-6-26(25)34(41)42/h19-28,33H,1-18H2,(H,32,36)(H,37,38)(H,39,40). The molecule has 0 radical (unpaired) electrons. The maximum absolute atomic E-state index is 13.0. The summed E-state index contributed by atoms with van der Waals surface area (Å²) in [7, 11) is 0. The van der Waals surface area contributed by atoms with Gasteiger partial charge >= 0.3 is 11.9 Å². The number of carboxylic acid groups (broad SMARTS) is 2. The van der Waals surface area contributed by atoms with Gasteiger partial charge in [0.2, 0.25) is 18.0 Å². The Bertz CT molecular complexity index is 1030. The highest BCUT2D eigenvalue weighted by Gasteiger charge is 2.49. The number of carbonyl (C=O) groups excluding carboxylic acids is 1. The zero-order chi connectivity index (χ0) is 33.9. The van der Waals surface area contributed by atoms with E-state index in [9.17, 15) is 44.8 Å². The second-order valence-electron chi connectivity index (χ2n) is 13.6. The van der Waals surface area contributed by atoms with Gasteiger partial charge in [-0.15, -0.1) is 0 Å². The average molecular weight is 671 g/mol. The molecular formula is C31H50N4O12. The molecule has 16 heteroatoms. The van der Waals surface area contributed by atoms with Crippen molar-refractivity contribution in [2.45, 2.75) is 133 Å². The molecule has 0 aromatic carbocycles. The summed E-state index contributed by atoms with van der Waals surface area (Å²) < 4.78 is 12.1. The van der Waals surface area contributed by atoms with Gasteiger partial charge in [0.15, 0.2) is 0 Å². The van der Waals surface area contributed by atoms with Crippen LogP contribution >= 0.6 is 0 Å². The molecule has 0 aromatic heterocycles. The number of hydrogen-bond donors (Lipinski definition) is 4. The summed E-state index contributed by atoms with van der Waals surface area (Å²) >= 11 is 0. The number of carbonyl (C=O) groups is 3. The number of nitrogens with one attached hydrogen (secondary N) is 2. The van der Waals surface area contributed by atoms with Crippen LogP contribution in [0.15, 0.2) is 0 Å². The van der Waals surface area contributed by atoms with Gasteiger partial charge in [0.1, 0.15) is 5.92 Å². The second-order valence-corrected chi connectivity index (χ2v) is 13.6. The Kier molecular flexibility index (Phi) is 14.1. The highest BCUT2D eigenvalue weighted by molar-refractivity contribution is 5.85. The Morgan fingerprint density at radius 3 is 1.72 bits per heavy atom. The third-order valence-electron chi connectivity index (χ3n) is 10.6. The fourth-order valence-electron chi connectivity index (χ4n) is 7.92. The van der Waals surface area contributed by atoms with Crippen LogP contribution < -0.4 is 10.8 Å². The molecule has 266 valence electrons. The van der Waals surface area contributed by atoms with Gasteiger partial charge in [-0.1, -0.05) is 0 Å². The quantitative estimate of drug-likeness (QED) is 0.105. The largest absolute Gasteiger partial charge is 0.481 e. The first-order valence-corrected chi connectivity index (χ1v) is 17.2. The monoisotopic (exact) mass is 670 g/mol. The summed E-state index contributed by atoms with van der Waals surface area (Å²) in [6.45, 7) is 1.10. The van der Waals surface area contributed by atoms with Gasteiger partial charge in [0.25, 0.3) is 0 Å². The Hall–Kier alpha value is -2.95. The molecule has 6 atom stereocenters. The number of hydrogen-bond acceptors (Lipinski definition) is 11. The molecule has 0 heterocycles. The van der Waals surface area contributed by atoms with E-state index >= 15 is 0 Å². The minimum Gasteiger partial charge on any atom is -0.481 e. The first-order chi connectivity index (χ1) is 22.5. The molecule has 0 aromatic rings. The van der Waals surface area contributed by atoms with Crippen molar-refractivity contribution in [2.24, 2.45) is 23.7 Å². The van der Waals surface area contributed by atoms with Crippen LogP contribution in [0.25, 0.3) is 0 Å². The van der Waals surface area contributed by atoms with E-state index in [1.807, 2.05) is 0 Å². The van der Waals surface area contributed by atoms with Crippen molar-refractivity contribution in [1.29, 1.82) is 0 Å². The molecule has 6 unspecified atom stereocenters. The Labute approximate surface area is 273 Å². The minimum atomic E-state index is -1.17. The second kappa shape index (κ2) is 18.0. The Morgan fingerprint density at radius 1 is 0.681 bits per heavy atom. The number of aliphatic carboxylic acids is 2. The van der Waals surface area contributed by atoms with Gasteiger partial charge < -0.3 is 29.8 Å². The van der Waals surface area contributed by atoms with E-state index in [0.717, 1.165) is 44.9 Å². The predicted octanol–water partition coefficient (Wildman–Crippen LogP) is 2.96. The Morgan fingerprint density at radius 2 is 1.19 bits per heavy atom. The molecule has 4 aliphatic carbocycles. The highest BCUT2D eigenvalue weighted by Crippen LogP contribution is 2.34. The van der Waals surface area contributed by atoms with Crippen molar-refractivity contribution in [3.8, 4) is 0 Å². The summed E-state index contributed by atoms with van der Waals surface area (Å²) in [5, 5.41) is 44.9. The molecule has 16 nitrogen and oxygen atoms in total. The predicted molar refractivity (Wildman–Crippen MR) is 164 cm³/mol. The number of carboxylic acids is 2. The van der Waals surface area contributed by atoms with Gasteiger partial charge in [-0.05, 0) is 83.5 Å². The van der Waals surface area contributed by atoms with Crippen molar-refractivity contribution < 1.29 is 48.8 Å². The summed E-state index contributed by atoms with van der Waals surface area (Å²) in [6, 6.07) is -2.16. The molecule has 0 saturated heterocycles. The lowest BCUT2D eigenvalue weighted by molar-refractivity contribution is -0.538. The van der Waals surface area contributed by atoms with Crippen molar-refractivity contribution in [2.75, 3.05) is 19.8 Å². The van der Waals surface area contributed by atoms with Crippen LogP contribution in [0.4, 0.5) is 0 Å². The fraction of sp³-hybridized carbons (Fsp3) is 0.903. The Balaban J connectivity index is 1.05. The number of nitrogens with zero attached hydrogens (tertiary/aromatic N) is 2. The summed E-state index contributed by atoms with van der Waals surface area (Å²) in [4.78, 5) is 64.0. The maximum Gasteiger partial charge on any atom is 0.307 e. The number of ether oxygens (including phenoxy) is 2. The van der Waals surface area contributed by atoms with Crippen LogP contribution in [0.1, 0.15) is 96.3 Å². The van der Waals surface area contributed by atoms with Gasteiger partial charge in [0, 0.05) is 48.0 Å². The lowest BCUT2D eigenvalue weighted by atomic mass is 9.75. The van der Waals surface area contributed by atoms with E-state index in [2.05, 4.69) is 10.8 Å². The fourth-order valence-corrected chi connectivity index (χ4v) is 7.92. The van der Waals surface area contributed by atoms with Crippen LogP contribution in [-0.2, 0) is 28.7 Å². The van der Waals surface area contributed by atoms with E-state index in [1.54, 1.807) is 0 Å². The van der Waals surface area contributed by atoms with Crippen molar-refractivity contribution in [3.05, 3.63) is 20.2 Å². The van der Waals surface area contributed by atoms with Crippen LogP contribution in [-0.4, -0.2) is 94.1 Å². The molecule has 4 aliphatic rings. The van der Waals surface area contributed by atoms with Crippen LogP contribution in [0, 0.1) is 43.9 Å². The molecule has 0 spiro atoms. The molecule has 4 fully saturated rings. The average Bonchev–Trinajstić information content (AvgIpc) is 3.05. The van der Waals surface area contributed by atoms with Gasteiger partial charge in [-0.25, -0.2) is 0 Å². The van der Waals surface area contributed by atoms with E-state index in [1.165, 1.54) is 0 Å². The maximum atomic E-state index is 13.0. The SMILES string of the molecule is O=C(O)C1CCCC([N+](=O)[O-])C1CONC1CCC(OCCCOC2CCC(NC(=O)C3C(C(=O)O)CCCC3[N+](=O)[O-])CC2)CC1. The molecule has 47 heavy (non-hydrogen) atoms. The van der Waals surface area contributed by atoms with E-state index < -0.39 is 58.5 Å². The van der Waals surface area contributed by atoms with Gasteiger partial charge in [0.05, 0.1) is 36.6 Å². The summed E-state index contributed by atoms with van der Waals surface area (Å²) in [5.74, 6) is -6.33. The lowest BCUT2D eigenvalue weighted by Gasteiger charge is -2.33. The van der Waals surface area contributed by atoms with Crippen LogP contribution in [0.5, 0.6) is 0 Å². The zero-order valence-electron chi connectivity index (χ0n) is 26.9. The topological polar surface area (TPSA) is 230 Å². The van der Waals surface area contributed by atoms with E-state index in [4.69, 9.17) is 14.3 Å². The zero-order valence-corrected chi connectivity index (χ0v) is 26.9. The number of hydroxylamine groups is 1. The molecule has 4 rings (SSSR count). The minimum absolute atomic E-state index is 0.00657. The van der Waals surface area contributed by atoms with Crippen molar-refractivity contribution in [3.63, 3.8) is 0 Å². The highest BCUT2D eigenvalue weighted by atomic mass is 16.7. The smallest absolute Gasteiger partial charge is 0.307 e. The number of amides is 1. The van der Waals surface area contributed by atoms with Gasteiger partial charge in [-0.2, -0.15) is 5.48 Å². The van der Waals surface area contributed by atoms with Crippen LogP contribution in [0.2, 0.25) is 0 Å². The molecule has 0 bridgehead atoms. The number of nitro groups is 2. The van der Waals surface area contributed by atoms with Crippen molar-refractivity contribution >= 4 is 17.8 Å². The first kappa shape index (κ1) is 36.9. The van der Waals surface area contributed by atoms with Crippen molar-refractivity contribution in [1.82, 2.24) is 10.8 Å². The number of rotatable bonds is 16. The third kappa shape index (κ3) is 10.5. The normalized spacial score (nSPS) is 34.6. The summed E-state index contributed by atoms with van der Waals surface area (Å²) in [5.41, 5.74) is 3.00. The van der Waals surface area contributed by atoms with Crippen LogP contribution in [0.3, 0.4) is 0 Å². The lowest BCUT2D eigenvalue weighted by Crippen LogP contribution is -2.52.